The first-order valence-corrected chi connectivity index (χ1v) is 8.65. The van der Waals surface area contributed by atoms with E-state index < -0.39 is 5.60 Å². The average Bonchev–Trinajstić information content (AvgIpc) is 2.32. The van der Waals surface area contributed by atoms with Crippen molar-refractivity contribution in [3.05, 3.63) is 33.3 Å². The van der Waals surface area contributed by atoms with Gasteiger partial charge in [0, 0.05) is 15.9 Å². The van der Waals surface area contributed by atoms with Crippen LogP contribution in [0.15, 0.2) is 22.7 Å². The van der Waals surface area contributed by atoms with E-state index in [2.05, 4.69) is 36.7 Å². The fourth-order valence-corrected chi connectivity index (χ4v) is 4.48. The van der Waals surface area contributed by atoms with Gasteiger partial charge < -0.3 is 5.11 Å². The standard InChI is InChI=1S/C17H24BrClO/c1-11(2)15-7-4-12(3)9-17(15,20)10-13-5-6-14(18)8-16(13)19/h5-6,8,11-12,15,20H,4,7,9-10H2,1-3H3. The second-order valence-corrected chi connectivity index (χ2v) is 8.08. The molecule has 1 N–H and O–H groups in total. The first kappa shape index (κ1) is 16.3. The smallest absolute Gasteiger partial charge is 0.0721 e. The van der Waals surface area contributed by atoms with Crippen LogP contribution in [-0.2, 0) is 6.42 Å². The minimum atomic E-state index is -0.622. The lowest BCUT2D eigenvalue weighted by molar-refractivity contribution is -0.0794. The molecule has 1 aliphatic rings. The first-order valence-electron chi connectivity index (χ1n) is 7.48. The largest absolute Gasteiger partial charge is 0.389 e. The first-order chi connectivity index (χ1) is 9.32. The van der Waals surface area contributed by atoms with Crippen molar-refractivity contribution < 1.29 is 5.11 Å². The molecule has 0 amide bonds. The van der Waals surface area contributed by atoms with Crippen LogP contribution in [0.3, 0.4) is 0 Å². The van der Waals surface area contributed by atoms with Gasteiger partial charge in [0.25, 0.3) is 0 Å². The molecule has 20 heavy (non-hydrogen) atoms. The zero-order chi connectivity index (χ0) is 14.9. The molecule has 0 saturated heterocycles. The Morgan fingerprint density at radius 3 is 2.70 bits per heavy atom. The lowest BCUT2D eigenvalue weighted by atomic mass is 9.65. The molecule has 0 bridgehead atoms. The maximum Gasteiger partial charge on any atom is 0.0721 e. The van der Waals surface area contributed by atoms with Gasteiger partial charge in [-0.05, 0) is 48.3 Å². The summed E-state index contributed by atoms with van der Waals surface area (Å²) in [6.07, 6.45) is 3.87. The molecule has 1 aliphatic carbocycles. The van der Waals surface area contributed by atoms with Gasteiger partial charge in [0.2, 0.25) is 0 Å². The zero-order valence-electron chi connectivity index (χ0n) is 12.5. The van der Waals surface area contributed by atoms with Gasteiger partial charge in [0.15, 0.2) is 0 Å². The van der Waals surface area contributed by atoms with Gasteiger partial charge in [-0.3, -0.25) is 0 Å². The highest BCUT2D eigenvalue weighted by Gasteiger charge is 2.42. The lowest BCUT2D eigenvalue weighted by Crippen LogP contribution is -2.47. The summed E-state index contributed by atoms with van der Waals surface area (Å²) in [5, 5.41) is 12.0. The summed E-state index contributed by atoms with van der Waals surface area (Å²) in [7, 11) is 0. The molecule has 3 heteroatoms. The summed E-state index contributed by atoms with van der Waals surface area (Å²) >= 11 is 9.77. The normalized spacial score (nSPS) is 30.8. The van der Waals surface area contributed by atoms with Crippen LogP contribution in [0.4, 0.5) is 0 Å². The van der Waals surface area contributed by atoms with Crippen molar-refractivity contribution in [2.75, 3.05) is 0 Å². The van der Waals surface area contributed by atoms with Gasteiger partial charge in [-0.25, -0.2) is 0 Å². The Morgan fingerprint density at radius 1 is 1.40 bits per heavy atom. The molecule has 3 unspecified atom stereocenters. The second kappa shape index (κ2) is 6.37. The third-order valence-electron chi connectivity index (χ3n) is 4.68. The Hall–Kier alpha value is -0.0500. The Bertz CT molecular complexity index is 474. The number of hydrogen-bond acceptors (Lipinski definition) is 1. The Balaban J connectivity index is 2.26. The second-order valence-electron chi connectivity index (χ2n) is 6.75. The van der Waals surface area contributed by atoms with Crippen LogP contribution in [0, 0.1) is 17.8 Å². The quantitative estimate of drug-likeness (QED) is 0.759. The zero-order valence-corrected chi connectivity index (χ0v) is 14.8. The summed E-state index contributed by atoms with van der Waals surface area (Å²) in [6.45, 7) is 6.67. The SMILES string of the molecule is CC1CCC(C(C)C)C(O)(Cc2ccc(Br)cc2Cl)C1. The van der Waals surface area contributed by atoms with Crippen LogP contribution in [0.1, 0.15) is 45.6 Å². The third kappa shape index (κ3) is 3.58. The van der Waals surface area contributed by atoms with Gasteiger partial charge in [-0.2, -0.15) is 0 Å². The molecule has 0 spiro atoms. The van der Waals surface area contributed by atoms with E-state index >= 15 is 0 Å². The number of hydrogen-bond donors (Lipinski definition) is 1. The van der Waals surface area contributed by atoms with Crippen LogP contribution in [0.2, 0.25) is 5.02 Å². The summed E-state index contributed by atoms with van der Waals surface area (Å²) in [5.41, 5.74) is 0.431. The molecule has 2 rings (SSSR count). The minimum Gasteiger partial charge on any atom is -0.389 e. The maximum absolute atomic E-state index is 11.2. The average molecular weight is 360 g/mol. The van der Waals surface area contributed by atoms with Crippen LogP contribution >= 0.6 is 27.5 Å². The van der Waals surface area contributed by atoms with Crippen molar-refractivity contribution in [1.82, 2.24) is 0 Å². The van der Waals surface area contributed by atoms with Crippen molar-refractivity contribution in [1.29, 1.82) is 0 Å². The van der Waals surface area contributed by atoms with Crippen LogP contribution in [-0.4, -0.2) is 10.7 Å². The van der Waals surface area contributed by atoms with E-state index in [-0.39, 0.29) is 0 Å². The lowest BCUT2D eigenvalue weighted by Gasteiger charge is -2.45. The van der Waals surface area contributed by atoms with E-state index in [1.54, 1.807) is 0 Å². The number of halogens is 2. The molecule has 1 saturated carbocycles. The summed E-state index contributed by atoms with van der Waals surface area (Å²) in [6, 6.07) is 5.94. The van der Waals surface area contributed by atoms with Crippen molar-refractivity contribution in [2.24, 2.45) is 17.8 Å². The molecule has 0 aliphatic heterocycles. The van der Waals surface area contributed by atoms with Gasteiger partial charge in [0.05, 0.1) is 5.60 Å². The molecule has 3 atom stereocenters. The Morgan fingerprint density at radius 2 is 2.10 bits per heavy atom. The summed E-state index contributed by atoms with van der Waals surface area (Å²) in [5.74, 6) is 1.45. The highest BCUT2D eigenvalue weighted by Crippen LogP contribution is 2.43. The molecule has 1 nitrogen and oxygen atoms in total. The summed E-state index contributed by atoms with van der Waals surface area (Å²) in [4.78, 5) is 0. The van der Waals surface area contributed by atoms with Crippen molar-refractivity contribution >= 4 is 27.5 Å². The highest BCUT2D eigenvalue weighted by molar-refractivity contribution is 9.10. The molecule has 1 aromatic carbocycles. The van der Waals surface area contributed by atoms with Crippen molar-refractivity contribution in [2.45, 2.75) is 52.1 Å². The minimum absolute atomic E-state index is 0.360. The Kier molecular flexibility index (Phi) is 5.20. The molecule has 0 heterocycles. The topological polar surface area (TPSA) is 20.2 Å². The van der Waals surface area contributed by atoms with Crippen LogP contribution < -0.4 is 0 Å². The molecular weight excluding hydrogens is 336 g/mol. The molecule has 1 fully saturated rings. The van der Waals surface area contributed by atoms with E-state index in [0.717, 1.165) is 27.9 Å². The monoisotopic (exact) mass is 358 g/mol. The van der Waals surface area contributed by atoms with Gasteiger partial charge in [0.1, 0.15) is 0 Å². The van der Waals surface area contributed by atoms with E-state index in [4.69, 9.17) is 11.6 Å². The predicted molar refractivity (Wildman–Crippen MR) is 89.1 cm³/mol. The molecule has 112 valence electrons. The van der Waals surface area contributed by atoms with E-state index in [0.29, 0.717) is 24.2 Å². The van der Waals surface area contributed by atoms with E-state index in [9.17, 15) is 5.11 Å². The summed E-state index contributed by atoms with van der Waals surface area (Å²) < 4.78 is 0.982. The van der Waals surface area contributed by atoms with E-state index in [1.807, 2.05) is 18.2 Å². The molecule has 0 radical (unpaired) electrons. The number of rotatable bonds is 3. The van der Waals surface area contributed by atoms with Gasteiger partial charge in [-0.1, -0.05) is 60.8 Å². The highest BCUT2D eigenvalue weighted by atomic mass is 79.9. The van der Waals surface area contributed by atoms with Gasteiger partial charge in [-0.15, -0.1) is 0 Å². The van der Waals surface area contributed by atoms with E-state index in [1.165, 1.54) is 6.42 Å². The van der Waals surface area contributed by atoms with Crippen LogP contribution in [0.25, 0.3) is 0 Å². The van der Waals surface area contributed by atoms with Crippen molar-refractivity contribution in [3.63, 3.8) is 0 Å². The molecular formula is C17H24BrClO. The number of benzene rings is 1. The Labute approximate surface area is 135 Å². The number of aliphatic hydroxyl groups is 1. The van der Waals surface area contributed by atoms with Crippen LogP contribution in [0.5, 0.6) is 0 Å². The predicted octanol–water partition coefficient (Wildman–Crippen LogP) is 5.47. The van der Waals surface area contributed by atoms with Crippen molar-refractivity contribution in [3.8, 4) is 0 Å². The fourth-order valence-electron chi connectivity index (χ4n) is 3.74. The maximum atomic E-state index is 11.2. The van der Waals surface area contributed by atoms with Gasteiger partial charge >= 0.3 is 0 Å². The molecule has 0 aromatic heterocycles. The fraction of sp³-hybridized carbons (Fsp3) is 0.647. The third-order valence-corrected chi connectivity index (χ3v) is 5.52. The molecule has 1 aromatic rings.